The lowest BCUT2D eigenvalue weighted by Gasteiger charge is -2.23. The normalized spacial score (nSPS) is 12.2. The molecule has 3 N–H and O–H groups in total. The van der Waals surface area contributed by atoms with E-state index in [2.05, 4.69) is 9.64 Å². The largest absolute Gasteiger partial charge is 0.573 e. The Morgan fingerprint density at radius 1 is 1.08 bits per heavy atom. The Morgan fingerprint density at radius 2 is 1.65 bits per heavy atom. The third-order valence-corrected chi connectivity index (χ3v) is 3.95. The molecule has 0 aliphatic carbocycles. The predicted molar refractivity (Wildman–Crippen MR) is 98.1 cm³/mol. The van der Waals surface area contributed by atoms with Crippen LogP contribution in [0, 0.1) is 0 Å². The Labute approximate surface area is 156 Å². The second kappa shape index (κ2) is 9.00. The highest BCUT2D eigenvalue weighted by molar-refractivity contribution is 5.85. The zero-order valence-electron chi connectivity index (χ0n) is 14.5. The monoisotopic (exact) mass is 390 g/mol. The first-order chi connectivity index (χ1) is 11.7. The van der Waals surface area contributed by atoms with E-state index in [1.54, 1.807) is 12.1 Å². The highest BCUT2D eigenvalue weighted by atomic mass is 35.5. The van der Waals surface area contributed by atoms with Gasteiger partial charge in [-0.1, -0.05) is 18.2 Å². The van der Waals surface area contributed by atoms with Gasteiger partial charge in [0.05, 0.1) is 6.04 Å². The van der Waals surface area contributed by atoms with Crippen molar-refractivity contribution in [3.63, 3.8) is 0 Å². The van der Waals surface area contributed by atoms with Gasteiger partial charge < -0.3 is 20.5 Å². The molecule has 0 spiro atoms. The minimum atomic E-state index is -4.73. The van der Waals surface area contributed by atoms with Crippen LogP contribution >= 0.6 is 12.4 Å². The van der Waals surface area contributed by atoms with Crippen molar-refractivity contribution in [1.29, 1.82) is 0 Å². The van der Waals surface area contributed by atoms with E-state index in [-0.39, 0.29) is 23.9 Å². The summed E-state index contributed by atoms with van der Waals surface area (Å²) in [4.78, 5) is 2.08. The minimum absolute atomic E-state index is 0. The number of nitrogens with two attached hydrogens (primary N) is 1. The fourth-order valence-electron chi connectivity index (χ4n) is 2.64. The van der Waals surface area contributed by atoms with Gasteiger partial charge in [-0.25, -0.2) is 0 Å². The number of alkyl halides is 3. The van der Waals surface area contributed by atoms with Gasteiger partial charge in [0.2, 0.25) is 0 Å². The van der Waals surface area contributed by atoms with Crippen LogP contribution in [0.25, 0.3) is 0 Å². The van der Waals surface area contributed by atoms with E-state index in [0.29, 0.717) is 11.1 Å². The number of benzene rings is 2. The Morgan fingerprint density at radius 3 is 2.12 bits per heavy atom. The maximum atomic E-state index is 12.2. The lowest BCUT2D eigenvalue weighted by Crippen LogP contribution is -2.22. The average Bonchev–Trinajstić information content (AvgIpc) is 2.55. The van der Waals surface area contributed by atoms with Crippen LogP contribution in [-0.2, 0) is 0 Å². The van der Waals surface area contributed by atoms with E-state index in [4.69, 9.17) is 5.73 Å². The van der Waals surface area contributed by atoms with E-state index < -0.39 is 12.4 Å². The summed E-state index contributed by atoms with van der Waals surface area (Å²) in [6.45, 7) is 5.65. The fraction of sp³-hybridized carbons (Fsp3) is 0.333. The Balaban J connectivity index is 0.00000338. The molecule has 2 rings (SSSR count). The molecule has 26 heavy (non-hydrogen) atoms. The summed E-state index contributed by atoms with van der Waals surface area (Å²) in [5, 5.41) is 10.3. The topological polar surface area (TPSA) is 58.7 Å². The molecule has 1 atom stereocenters. The van der Waals surface area contributed by atoms with Crippen molar-refractivity contribution in [2.45, 2.75) is 26.3 Å². The molecular formula is C18H22ClF3N2O2. The van der Waals surface area contributed by atoms with Crippen LogP contribution in [0.2, 0.25) is 0 Å². The smallest absolute Gasteiger partial charge is 0.508 e. The molecule has 4 nitrogen and oxygen atoms in total. The van der Waals surface area contributed by atoms with Crippen molar-refractivity contribution in [3.05, 3.63) is 53.6 Å². The van der Waals surface area contributed by atoms with E-state index in [9.17, 15) is 18.3 Å². The summed E-state index contributed by atoms with van der Waals surface area (Å²) < 4.78 is 40.4. The molecule has 0 amide bonds. The van der Waals surface area contributed by atoms with Crippen LogP contribution in [0.15, 0.2) is 42.5 Å². The van der Waals surface area contributed by atoms with E-state index in [1.165, 1.54) is 24.3 Å². The number of nitrogens with zero attached hydrogens (tertiary/aromatic N) is 1. The van der Waals surface area contributed by atoms with Crippen LogP contribution in [-0.4, -0.2) is 24.6 Å². The predicted octanol–water partition coefficient (Wildman–Crippen LogP) is 4.61. The third-order valence-electron chi connectivity index (χ3n) is 3.95. The zero-order valence-corrected chi connectivity index (χ0v) is 15.3. The summed E-state index contributed by atoms with van der Waals surface area (Å²) in [6.07, 6.45) is -4.73. The van der Waals surface area contributed by atoms with Gasteiger partial charge >= 0.3 is 6.36 Å². The summed E-state index contributed by atoms with van der Waals surface area (Å²) >= 11 is 0. The van der Waals surface area contributed by atoms with Gasteiger partial charge in [0.1, 0.15) is 11.5 Å². The van der Waals surface area contributed by atoms with Crippen molar-refractivity contribution in [1.82, 2.24) is 0 Å². The van der Waals surface area contributed by atoms with E-state index in [0.717, 1.165) is 18.8 Å². The Bertz CT molecular complexity index is 705. The number of halogens is 4. The molecule has 0 fully saturated rings. The molecule has 0 unspecified atom stereocenters. The van der Waals surface area contributed by atoms with Crippen molar-refractivity contribution in [2.75, 3.05) is 18.0 Å². The van der Waals surface area contributed by atoms with Gasteiger partial charge in [-0.15, -0.1) is 25.6 Å². The lowest BCUT2D eigenvalue weighted by molar-refractivity contribution is -0.274. The molecule has 0 bridgehead atoms. The summed E-state index contributed by atoms with van der Waals surface area (Å²) in [7, 11) is 0. The maximum absolute atomic E-state index is 12.2. The van der Waals surface area contributed by atoms with Crippen molar-refractivity contribution in [2.24, 2.45) is 5.73 Å². The summed E-state index contributed by atoms with van der Waals surface area (Å²) in [6, 6.07) is 9.87. The molecule has 0 saturated carbocycles. The van der Waals surface area contributed by atoms with Crippen molar-refractivity contribution in [3.8, 4) is 11.5 Å². The summed E-state index contributed by atoms with van der Waals surface area (Å²) in [5.74, 6) is -0.267. The molecule has 0 aliphatic rings. The fourth-order valence-corrected chi connectivity index (χ4v) is 2.64. The number of anilines is 1. The molecule has 0 saturated heterocycles. The molecule has 8 heteroatoms. The zero-order chi connectivity index (χ0) is 18.6. The number of hydrogen-bond donors (Lipinski definition) is 2. The molecule has 2 aromatic rings. The van der Waals surface area contributed by atoms with Gasteiger partial charge in [-0.05, 0) is 37.6 Å². The number of aromatic hydroxyl groups is 1. The van der Waals surface area contributed by atoms with E-state index >= 15 is 0 Å². The number of hydrogen-bond acceptors (Lipinski definition) is 4. The number of phenolic OH excluding ortho intramolecular Hbond substituents is 1. The average molecular weight is 391 g/mol. The number of rotatable bonds is 6. The SMILES string of the molecule is CCN(CC)c1ccc([C@H](N)c2ccc(OC(F)(F)F)cc2)c(O)c1.Cl. The van der Waals surface area contributed by atoms with E-state index in [1.807, 2.05) is 19.9 Å². The van der Waals surface area contributed by atoms with Crippen LogP contribution in [0.3, 0.4) is 0 Å². The Kier molecular flexibility index (Phi) is 7.59. The van der Waals surface area contributed by atoms with Crippen LogP contribution < -0.4 is 15.4 Å². The number of phenols is 1. The van der Waals surface area contributed by atoms with Crippen molar-refractivity contribution >= 4 is 18.1 Å². The first kappa shape index (κ1) is 21.9. The van der Waals surface area contributed by atoms with Crippen LogP contribution in [0.1, 0.15) is 31.0 Å². The second-order valence-corrected chi connectivity index (χ2v) is 5.51. The molecule has 0 aliphatic heterocycles. The highest BCUT2D eigenvalue weighted by Crippen LogP contribution is 2.32. The number of ether oxygens (including phenoxy) is 1. The second-order valence-electron chi connectivity index (χ2n) is 5.51. The highest BCUT2D eigenvalue weighted by Gasteiger charge is 2.31. The first-order valence-electron chi connectivity index (χ1n) is 7.94. The lowest BCUT2D eigenvalue weighted by atomic mass is 9.98. The molecular weight excluding hydrogens is 369 g/mol. The molecule has 2 aromatic carbocycles. The standard InChI is InChI=1S/C18H21F3N2O2.ClH/c1-3-23(4-2)13-7-10-15(16(24)11-13)17(22)12-5-8-14(9-6-12)25-18(19,20)21;/h5-11,17,24H,3-4,22H2,1-2H3;1H/t17-;/m1./s1. The van der Waals surface area contributed by atoms with Gasteiger partial charge in [0, 0.05) is 30.4 Å². The Hall–Kier alpha value is -2.12. The molecule has 0 aromatic heterocycles. The quantitative estimate of drug-likeness (QED) is 0.756. The maximum Gasteiger partial charge on any atom is 0.573 e. The van der Waals surface area contributed by atoms with Crippen LogP contribution in [0.4, 0.5) is 18.9 Å². The van der Waals surface area contributed by atoms with Gasteiger partial charge in [-0.2, -0.15) is 0 Å². The van der Waals surface area contributed by atoms with Crippen molar-refractivity contribution < 1.29 is 23.0 Å². The molecule has 144 valence electrons. The first-order valence-corrected chi connectivity index (χ1v) is 7.94. The summed E-state index contributed by atoms with van der Waals surface area (Å²) in [5.41, 5.74) is 8.10. The molecule has 0 radical (unpaired) electrons. The van der Waals surface area contributed by atoms with Gasteiger partial charge in [0.15, 0.2) is 0 Å². The van der Waals surface area contributed by atoms with Gasteiger partial charge in [-0.3, -0.25) is 0 Å². The third kappa shape index (κ3) is 5.44. The minimum Gasteiger partial charge on any atom is -0.508 e. The van der Waals surface area contributed by atoms with Crippen LogP contribution in [0.5, 0.6) is 11.5 Å². The van der Waals surface area contributed by atoms with Gasteiger partial charge in [0.25, 0.3) is 0 Å². The molecule has 0 heterocycles.